The quantitative estimate of drug-likeness (QED) is 0.445. The number of carbonyl (C=O) groups excluding carboxylic acids is 3. The van der Waals surface area contributed by atoms with E-state index in [0.29, 0.717) is 0 Å². The highest BCUT2D eigenvalue weighted by Gasteiger charge is 2.27. The number of hydrogen-bond acceptors (Lipinski definition) is 6. The highest BCUT2D eigenvalue weighted by molar-refractivity contribution is 6.48. The number of aromatic hydroxyl groups is 2. The number of rotatable bonds is 3. The van der Waals surface area contributed by atoms with Crippen molar-refractivity contribution in [3.8, 4) is 11.5 Å². The Balaban J connectivity index is 2.50. The monoisotopic (exact) mass is 302 g/mol. The fourth-order valence-electron chi connectivity index (χ4n) is 2.23. The van der Waals surface area contributed by atoms with Gasteiger partial charge in [-0.1, -0.05) is 0 Å². The number of aliphatic hydroxyl groups excluding tert-OH is 1. The van der Waals surface area contributed by atoms with Crippen molar-refractivity contribution in [2.75, 3.05) is 0 Å². The molecule has 114 valence electrons. The summed E-state index contributed by atoms with van der Waals surface area (Å²) in [6.45, 7) is 2.58. The Kier molecular flexibility index (Phi) is 3.86. The maximum atomic E-state index is 11.5. The molecule has 0 fully saturated rings. The van der Waals surface area contributed by atoms with E-state index in [2.05, 4.69) is 0 Å². The van der Waals surface area contributed by atoms with Crippen molar-refractivity contribution in [3.63, 3.8) is 0 Å². The van der Waals surface area contributed by atoms with Crippen LogP contribution in [0.3, 0.4) is 0 Å². The molecule has 0 amide bonds. The molecule has 1 aromatic rings. The van der Waals surface area contributed by atoms with Crippen molar-refractivity contribution in [2.45, 2.75) is 20.3 Å². The highest BCUT2D eigenvalue weighted by atomic mass is 16.3. The van der Waals surface area contributed by atoms with Gasteiger partial charge in [-0.2, -0.15) is 0 Å². The van der Waals surface area contributed by atoms with Gasteiger partial charge in [0.25, 0.3) is 0 Å². The molecule has 2 rings (SSSR count). The first-order valence-corrected chi connectivity index (χ1v) is 6.48. The molecule has 6 nitrogen and oxygen atoms in total. The van der Waals surface area contributed by atoms with Gasteiger partial charge in [0.2, 0.25) is 11.6 Å². The molecule has 0 radical (unpaired) electrons. The third kappa shape index (κ3) is 2.50. The predicted molar refractivity (Wildman–Crippen MR) is 76.9 cm³/mol. The second-order valence-electron chi connectivity index (χ2n) is 5.03. The van der Waals surface area contributed by atoms with Gasteiger partial charge in [0.1, 0.15) is 17.3 Å². The fourth-order valence-corrected chi connectivity index (χ4v) is 2.23. The van der Waals surface area contributed by atoms with Gasteiger partial charge in [-0.3, -0.25) is 14.4 Å². The molecule has 0 aliphatic heterocycles. The number of ketones is 3. The lowest BCUT2D eigenvalue weighted by atomic mass is 9.90. The van der Waals surface area contributed by atoms with Crippen LogP contribution in [0.4, 0.5) is 0 Å². The average Bonchev–Trinajstić information content (AvgIpc) is 2.45. The van der Waals surface area contributed by atoms with E-state index in [1.807, 2.05) is 0 Å². The zero-order valence-corrected chi connectivity index (χ0v) is 12.0. The largest absolute Gasteiger partial charge is 0.508 e. The maximum absolute atomic E-state index is 11.5. The van der Waals surface area contributed by atoms with Crippen LogP contribution >= 0.6 is 0 Å². The SMILES string of the molecule is CC(=O)c1ccc(O)c(CC2=CC(=O)C(=O)C(C)=C2O)c1O. The van der Waals surface area contributed by atoms with E-state index >= 15 is 0 Å². The molecule has 6 heteroatoms. The second-order valence-corrected chi connectivity index (χ2v) is 5.03. The van der Waals surface area contributed by atoms with Crippen LogP contribution < -0.4 is 0 Å². The molecule has 0 unspecified atom stereocenters. The molecule has 0 spiro atoms. The highest BCUT2D eigenvalue weighted by Crippen LogP contribution is 2.35. The van der Waals surface area contributed by atoms with Gasteiger partial charge in [-0.05, 0) is 32.1 Å². The summed E-state index contributed by atoms with van der Waals surface area (Å²) in [7, 11) is 0. The summed E-state index contributed by atoms with van der Waals surface area (Å²) in [5.74, 6) is -3.03. The van der Waals surface area contributed by atoms with E-state index in [1.165, 1.54) is 26.0 Å². The molecular weight excluding hydrogens is 288 g/mol. The molecule has 0 aromatic heterocycles. The van der Waals surface area contributed by atoms with E-state index in [1.54, 1.807) is 0 Å². The maximum Gasteiger partial charge on any atom is 0.232 e. The Morgan fingerprint density at radius 3 is 2.36 bits per heavy atom. The summed E-state index contributed by atoms with van der Waals surface area (Å²) in [4.78, 5) is 34.4. The molecule has 1 aliphatic carbocycles. The van der Waals surface area contributed by atoms with Crippen LogP contribution in [0, 0.1) is 0 Å². The summed E-state index contributed by atoms with van der Waals surface area (Å²) >= 11 is 0. The summed E-state index contributed by atoms with van der Waals surface area (Å²) in [6, 6.07) is 2.52. The van der Waals surface area contributed by atoms with Gasteiger partial charge >= 0.3 is 0 Å². The standard InChI is InChI=1S/C16H14O6/c1-7-14(20)9(6-13(19)15(7)21)5-11-12(18)4-3-10(8(2)17)16(11)22/h3-4,6,18,20,22H,5H2,1-2H3. The normalized spacial score (nSPS) is 15.1. The molecule has 0 bridgehead atoms. The zero-order valence-electron chi connectivity index (χ0n) is 12.0. The molecule has 0 saturated heterocycles. The van der Waals surface area contributed by atoms with Gasteiger partial charge in [0.05, 0.1) is 5.56 Å². The van der Waals surface area contributed by atoms with E-state index in [0.717, 1.165) is 6.08 Å². The van der Waals surface area contributed by atoms with Crippen LogP contribution in [0.5, 0.6) is 11.5 Å². The van der Waals surface area contributed by atoms with E-state index in [4.69, 9.17) is 0 Å². The zero-order chi connectivity index (χ0) is 16.6. The lowest BCUT2D eigenvalue weighted by Crippen LogP contribution is -2.20. The number of phenols is 2. The smallest absolute Gasteiger partial charge is 0.232 e. The van der Waals surface area contributed by atoms with Crippen LogP contribution in [0.25, 0.3) is 0 Å². The Bertz CT molecular complexity index is 767. The number of carbonyl (C=O) groups is 3. The minimum Gasteiger partial charge on any atom is -0.508 e. The van der Waals surface area contributed by atoms with Crippen LogP contribution in [-0.2, 0) is 16.0 Å². The van der Waals surface area contributed by atoms with Crippen LogP contribution in [-0.4, -0.2) is 32.7 Å². The molecule has 1 aliphatic rings. The van der Waals surface area contributed by atoms with Crippen molar-refractivity contribution in [1.82, 2.24) is 0 Å². The Morgan fingerprint density at radius 1 is 1.14 bits per heavy atom. The van der Waals surface area contributed by atoms with Crippen molar-refractivity contribution in [3.05, 3.63) is 46.2 Å². The molecule has 0 heterocycles. The molecule has 0 saturated carbocycles. The number of allylic oxidation sites excluding steroid dienone is 3. The first-order chi connectivity index (χ1) is 10.2. The van der Waals surface area contributed by atoms with Gasteiger partial charge in [0, 0.05) is 23.1 Å². The Morgan fingerprint density at radius 2 is 1.77 bits per heavy atom. The Labute approximate surface area is 126 Å². The third-order valence-corrected chi connectivity index (χ3v) is 3.53. The first kappa shape index (κ1) is 15.5. The van der Waals surface area contributed by atoms with Gasteiger partial charge < -0.3 is 15.3 Å². The number of phenolic OH excluding ortho intramolecular Hbond substituents is 2. The lowest BCUT2D eigenvalue weighted by molar-refractivity contribution is -0.131. The number of benzene rings is 1. The average molecular weight is 302 g/mol. The summed E-state index contributed by atoms with van der Waals surface area (Å²) in [5.41, 5.74) is 0.0184. The summed E-state index contributed by atoms with van der Waals surface area (Å²) < 4.78 is 0. The van der Waals surface area contributed by atoms with Crippen LogP contribution in [0.2, 0.25) is 0 Å². The number of hydrogen-bond donors (Lipinski definition) is 3. The van der Waals surface area contributed by atoms with Crippen molar-refractivity contribution < 1.29 is 29.7 Å². The fraction of sp³-hybridized carbons (Fsp3) is 0.188. The molecular formula is C16H14O6. The number of Topliss-reactive ketones (excluding diaryl/α,β-unsaturated/α-hetero) is 2. The minimum absolute atomic E-state index is 0.000416. The van der Waals surface area contributed by atoms with E-state index < -0.39 is 23.1 Å². The van der Waals surface area contributed by atoms with Crippen LogP contribution in [0.15, 0.2) is 35.1 Å². The van der Waals surface area contributed by atoms with Crippen molar-refractivity contribution in [1.29, 1.82) is 0 Å². The lowest BCUT2D eigenvalue weighted by Gasteiger charge is -2.16. The summed E-state index contributed by atoms with van der Waals surface area (Å²) in [5, 5.41) is 29.9. The van der Waals surface area contributed by atoms with Crippen LogP contribution in [0.1, 0.15) is 29.8 Å². The van der Waals surface area contributed by atoms with E-state index in [9.17, 15) is 29.7 Å². The minimum atomic E-state index is -0.799. The molecule has 1 aromatic carbocycles. The summed E-state index contributed by atoms with van der Waals surface area (Å²) in [6.07, 6.45) is 0.769. The number of aliphatic hydroxyl groups is 1. The molecule has 0 atom stereocenters. The molecule has 22 heavy (non-hydrogen) atoms. The van der Waals surface area contributed by atoms with Gasteiger partial charge in [-0.15, -0.1) is 0 Å². The predicted octanol–water partition coefficient (Wildman–Crippen LogP) is 1.75. The second kappa shape index (κ2) is 5.48. The Hall–Kier alpha value is -2.89. The first-order valence-electron chi connectivity index (χ1n) is 6.48. The van der Waals surface area contributed by atoms with Gasteiger partial charge in [-0.25, -0.2) is 0 Å². The topological polar surface area (TPSA) is 112 Å². The van der Waals surface area contributed by atoms with E-state index in [-0.39, 0.29) is 40.2 Å². The third-order valence-electron chi connectivity index (χ3n) is 3.53. The molecule has 3 N–H and O–H groups in total. The van der Waals surface area contributed by atoms with Gasteiger partial charge in [0.15, 0.2) is 5.78 Å². The van der Waals surface area contributed by atoms with Crippen molar-refractivity contribution in [2.24, 2.45) is 0 Å². The van der Waals surface area contributed by atoms with Crippen molar-refractivity contribution >= 4 is 17.3 Å².